The van der Waals surface area contributed by atoms with Gasteiger partial charge in [-0.3, -0.25) is 4.79 Å². The van der Waals surface area contributed by atoms with Crippen molar-refractivity contribution in [3.63, 3.8) is 0 Å². The van der Waals surface area contributed by atoms with Crippen molar-refractivity contribution in [3.8, 4) is 0 Å². The number of rotatable bonds is 5. The van der Waals surface area contributed by atoms with Crippen molar-refractivity contribution in [1.82, 2.24) is 14.9 Å². The number of carbonyl (C=O) groups excluding carboxylic acids is 1. The number of aromatic nitrogens is 2. The Hall–Kier alpha value is -2.30. The highest BCUT2D eigenvalue weighted by Crippen LogP contribution is 2.10. The molecule has 0 radical (unpaired) electrons. The van der Waals surface area contributed by atoms with Crippen LogP contribution in [0.4, 0.5) is 5.69 Å². The first-order chi connectivity index (χ1) is 9.16. The van der Waals surface area contributed by atoms with Crippen LogP contribution < -0.4 is 11.1 Å². The van der Waals surface area contributed by atoms with Crippen LogP contribution in [0.1, 0.15) is 11.4 Å². The summed E-state index contributed by atoms with van der Waals surface area (Å²) in [6.07, 6.45) is 4.68. The minimum absolute atomic E-state index is 0.0212. The van der Waals surface area contributed by atoms with Gasteiger partial charge in [-0.15, -0.1) is 0 Å². The third kappa shape index (κ3) is 3.58. The molecule has 3 N–H and O–H groups in total. The smallest absolute Gasteiger partial charge is 0.224 e. The third-order valence-corrected chi connectivity index (χ3v) is 3.00. The molecule has 0 fully saturated rings. The molecule has 2 aromatic rings. The van der Waals surface area contributed by atoms with Gasteiger partial charge in [-0.1, -0.05) is 18.2 Å². The standard InChI is InChI=1S/C14H18N4O/c1-18-9-8-16-13(18)6-7-17-14(19)10-11-4-2-3-5-12(11)15/h2-5,8-9H,6-7,10,15H2,1H3,(H,17,19). The molecular weight excluding hydrogens is 240 g/mol. The van der Waals surface area contributed by atoms with Crippen LogP contribution in [0.15, 0.2) is 36.7 Å². The lowest BCUT2D eigenvalue weighted by molar-refractivity contribution is -0.120. The zero-order chi connectivity index (χ0) is 13.7. The second kappa shape index (κ2) is 6.04. The molecule has 1 heterocycles. The van der Waals surface area contributed by atoms with Gasteiger partial charge in [0.1, 0.15) is 5.82 Å². The Bertz CT molecular complexity index is 562. The number of amides is 1. The summed E-state index contributed by atoms with van der Waals surface area (Å²) in [5.74, 6) is 0.937. The van der Waals surface area contributed by atoms with Gasteiger partial charge in [-0.05, 0) is 11.6 Å². The number of para-hydroxylation sites is 1. The van der Waals surface area contributed by atoms with Crippen molar-refractivity contribution in [2.24, 2.45) is 7.05 Å². The minimum atomic E-state index is -0.0212. The maximum atomic E-state index is 11.8. The number of hydrogen-bond donors (Lipinski definition) is 2. The fourth-order valence-electron chi connectivity index (χ4n) is 1.88. The van der Waals surface area contributed by atoms with Gasteiger partial charge in [-0.2, -0.15) is 0 Å². The Morgan fingerprint density at radius 2 is 2.21 bits per heavy atom. The van der Waals surface area contributed by atoms with Crippen LogP contribution in [-0.2, 0) is 24.7 Å². The topological polar surface area (TPSA) is 72.9 Å². The van der Waals surface area contributed by atoms with E-state index in [9.17, 15) is 4.79 Å². The molecule has 0 saturated heterocycles. The molecule has 5 heteroatoms. The molecule has 1 aromatic carbocycles. The van der Waals surface area contributed by atoms with Crippen LogP contribution in [0, 0.1) is 0 Å². The molecule has 0 atom stereocenters. The number of imidazole rings is 1. The predicted molar refractivity (Wildman–Crippen MR) is 74.5 cm³/mol. The van der Waals surface area contributed by atoms with E-state index in [4.69, 9.17) is 5.73 Å². The van der Waals surface area contributed by atoms with Crippen LogP contribution in [0.3, 0.4) is 0 Å². The lowest BCUT2D eigenvalue weighted by atomic mass is 10.1. The van der Waals surface area contributed by atoms with Gasteiger partial charge in [0.2, 0.25) is 5.91 Å². The molecule has 19 heavy (non-hydrogen) atoms. The molecule has 100 valence electrons. The highest BCUT2D eigenvalue weighted by molar-refractivity contribution is 5.80. The lowest BCUT2D eigenvalue weighted by Gasteiger charge is -2.07. The first-order valence-electron chi connectivity index (χ1n) is 6.23. The molecule has 0 spiro atoms. The number of hydrogen-bond acceptors (Lipinski definition) is 3. The van der Waals surface area contributed by atoms with Crippen LogP contribution in [0.5, 0.6) is 0 Å². The summed E-state index contributed by atoms with van der Waals surface area (Å²) in [5, 5.41) is 2.88. The number of nitrogens with two attached hydrogens (primary N) is 1. The van der Waals surface area contributed by atoms with Gasteiger partial charge in [0.25, 0.3) is 0 Å². The SMILES string of the molecule is Cn1ccnc1CCNC(=O)Cc1ccccc1N. The largest absolute Gasteiger partial charge is 0.398 e. The average molecular weight is 258 g/mol. The van der Waals surface area contributed by atoms with Crippen LogP contribution >= 0.6 is 0 Å². The predicted octanol–water partition coefficient (Wildman–Crippen LogP) is 0.904. The van der Waals surface area contributed by atoms with E-state index in [-0.39, 0.29) is 5.91 Å². The molecule has 1 aromatic heterocycles. The van der Waals surface area contributed by atoms with Gasteiger partial charge < -0.3 is 15.6 Å². The summed E-state index contributed by atoms with van der Waals surface area (Å²) in [6, 6.07) is 7.41. The monoisotopic (exact) mass is 258 g/mol. The first kappa shape index (κ1) is 13.1. The normalized spacial score (nSPS) is 10.4. The molecule has 0 aliphatic carbocycles. The van der Waals surface area contributed by atoms with Crippen molar-refractivity contribution in [1.29, 1.82) is 0 Å². The summed E-state index contributed by atoms with van der Waals surface area (Å²) < 4.78 is 1.95. The molecule has 0 aliphatic heterocycles. The van der Waals surface area contributed by atoms with Gasteiger partial charge in [-0.25, -0.2) is 4.98 Å². The summed E-state index contributed by atoms with van der Waals surface area (Å²) in [7, 11) is 1.94. The second-order valence-corrected chi connectivity index (χ2v) is 4.43. The van der Waals surface area contributed by atoms with Crippen LogP contribution in [-0.4, -0.2) is 22.0 Å². The molecule has 2 rings (SSSR count). The number of nitrogens with one attached hydrogen (secondary N) is 1. The van der Waals surface area contributed by atoms with Gasteiger partial charge in [0.15, 0.2) is 0 Å². The van der Waals surface area contributed by atoms with Gasteiger partial charge in [0, 0.05) is 38.1 Å². The second-order valence-electron chi connectivity index (χ2n) is 4.43. The van der Waals surface area contributed by atoms with E-state index in [1.54, 1.807) is 12.3 Å². The Morgan fingerprint density at radius 3 is 2.89 bits per heavy atom. The first-order valence-corrected chi connectivity index (χ1v) is 6.23. The van der Waals surface area contributed by atoms with E-state index in [0.29, 0.717) is 18.7 Å². The molecule has 0 unspecified atom stereocenters. The van der Waals surface area contributed by atoms with Crippen molar-refractivity contribution in [2.45, 2.75) is 12.8 Å². The molecule has 1 amide bonds. The van der Waals surface area contributed by atoms with Crippen molar-refractivity contribution in [3.05, 3.63) is 48.0 Å². The molecule has 0 saturated carbocycles. The number of anilines is 1. The minimum Gasteiger partial charge on any atom is -0.398 e. The Balaban J connectivity index is 1.79. The number of aryl methyl sites for hydroxylation is 1. The maximum absolute atomic E-state index is 11.8. The fraction of sp³-hybridized carbons (Fsp3) is 0.286. The Labute approximate surface area is 112 Å². The summed E-state index contributed by atoms with van der Waals surface area (Å²) >= 11 is 0. The zero-order valence-electron chi connectivity index (χ0n) is 11.0. The molecule has 0 aliphatic rings. The Morgan fingerprint density at radius 1 is 1.42 bits per heavy atom. The molecule has 5 nitrogen and oxygen atoms in total. The van der Waals surface area contributed by atoms with Crippen LogP contribution in [0.25, 0.3) is 0 Å². The average Bonchev–Trinajstić information content (AvgIpc) is 2.78. The van der Waals surface area contributed by atoms with Gasteiger partial charge >= 0.3 is 0 Å². The van der Waals surface area contributed by atoms with Crippen molar-refractivity contribution >= 4 is 11.6 Å². The molecule has 0 bridgehead atoms. The van der Waals surface area contributed by atoms with Crippen molar-refractivity contribution in [2.75, 3.05) is 12.3 Å². The fourth-order valence-corrected chi connectivity index (χ4v) is 1.88. The van der Waals surface area contributed by atoms with Crippen LogP contribution in [0.2, 0.25) is 0 Å². The van der Waals surface area contributed by atoms with E-state index in [1.165, 1.54) is 0 Å². The number of benzene rings is 1. The third-order valence-electron chi connectivity index (χ3n) is 3.00. The lowest BCUT2D eigenvalue weighted by Crippen LogP contribution is -2.28. The van der Waals surface area contributed by atoms with Crippen molar-refractivity contribution < 1.29 is 4.79 Å². The van der Waals surface area contributed by atoms with E-state index in [0.717, 1.165) is 17.8 Å². The summed E-state index contributed by atoms with van der Waals surface area (Å²) in [6.45, 7) is 0.580. The van der Waals surface area contributed by atoms with E-state index >= 15 is 0 Å². The molecular formula is C14H18N4O. The van der Waals surface area contributed by atoms with E-state index < -0.39 is 0 Å². The van der Waals surface area contributed by atoms with Gasteiger partial charge in [0.05, 0.1) is 6.42 Å². The van der Waals surface area contributed by atoms with E-state index in [2.05, 4.69) is 10.3 Å². The van der Waals surface area contributed by atoms with E-state index in [1.807, 2.05) is 36.0 Å². The number of nitrogen functional groups attached to an aromatic ring is 1. The number of carbonyl (C=O) groups is 1. The maximum Gasteiger partial charge on any atom is 0.224 e. The number of nitrogens with zero attached hydrogens (tertiary/aromatic N) is 2. The zero-order valence-corrected chi connectivity index (χ0v) is 11.0. The highest BCUT2D eigenvalue weighted by Gasteiger charge is 2.06. The highest BCUT2D eigenvalue weighted by atomic mass is 16.1. The summed E-state index contributed by atoms with van der Waals surface area (Å²) in [5.41, 5.74) is 7.31. The Kier molecular flexibility index (Phi) is 4.18. The quantitative estimate of drug-likeness (QED) is 0.783. The summed E-state index contributed by atoms with van der Waals surface area (Å²) in [4.78, 5) is 16.0.